The normalized spacial score (nSPS) is 18.5. The first-order valence-corrected chi connectivity index (χ1v) is 8.32. The van der Waals surface area contributed by atoms with Crippen LogP contribution in [0.5, 0.6) is 11.5 Å². The van der Waals surface area contributed by atoms with Gasteiger partial charge in [-0.3, -0.25) is 9.59 Å². The summed E-state index contributed by atoms with van der Waals surface area (Å²) >= 11 is 0. The highest BCUT2D eigenvalue weighted by Gasteiger charge is 2.42. The molecule has 0 saturated heterocycles. The highest BCUT2D eigenvalue weighted by Crippen LogP contribution is 2.45. The van der Waals surface area contributed by atoms with Crippen molar-refractivity contribution in [1.82, 2.24) is 0 Å². The molecule has 6 heteroatoms. The van der Waals surface area contributed by atoms with Gasteiger partial charge in [0, 0.05) is 17.8 Å². The molecule has 24 heavy (non-hydrogen) atoms. The maximum atomic E-state index is 12.7. The van der Waals surface area contributed by atoms with E-state index in [0.717, 1.165) is 25.7 Å². The number of hydrogen-bond acceptors (Lipinski definition) is 6. The summed E-state index contributed by atoms with van der Waals surface area (Å²) in [6.45, 7) is 0.0392. The van der Waals surface area contributed by atoms with Crippen LogP contribution in [0.2, 0.25) is 0 Å². The van der Waals surface area contributed by atoms with E-state index < -0.39 is 0 Å². The Hall–Kier alpha value is -2.24. The minimum Gasteiger partial charge on any atom is -0.496 e. The quantitative estimate of drug-likeness (QED) is 0.854. The van der Waals surface area contributed by atoms with Crippen molar-refractivity contribution in [2.24, 2.45) is 0 Å². The molecule has 1 aliphatic carbocycles. The van der Waals surface area contributed by atoms with Gasteiger partial charge in [-0.25, -0.2) is 0 Å². The number of rotatable bonds is 4. The van der Waals surface area contributed by atoms with Gasteiger partial charge in [-0.15, -0.1) is 0 Å². The van der Waals surface area contributed by atoms with E-state index in [4.69, 9.17) is 9.47 Å². The third kappa shape index (κ3) is 3.18. The molecule has 0 aromatic heterocycles. The largest absolute Gasteiger partial charge is 0.496 e. The molecule has 1 fully saturated rings. The van der Waals surface area contributed by atoms with Crippen molar-refractivity contribution in [3.8, 4) is 11.5 Å². The zero-order valence-electron chi connectivity index (χ0n) is 14.1. The molecule has 130 valence electrons. The molecule has 0 bridgehead atoms. The Morgan fingerprint density at radius 3 is 2.67 bits per heavy atom. The summed E-state index contributed by atoms with van der Waals surface area (Å²) in [5.41, 5.74) is 0.780. The fourth-order valence-electron chi connectivity index (χ4n) is 3.58. The fourth-order valence-corrected chi connectivity index (χ4v) is 3.58. The Morgan fingerprint density at radius 1 is 1.25 bits per heavy atom. The highest BCUT2D eigenvalue weighted by atomic mass is 16.5. The number of Topliss-reactive ketones (excluding diaryl/α,β-unsaturated/α-hetero) is 1. The molecule has 1 spiro atoms. The van der Waals surface area contributed by atoms with Crippen LogP contribution in [0, 0.1) is 0 Å². The van der Waals surface area contributed by atoms with Crippen molar-refractivity contribution in [2.45, 2.75) is 44.1 Å². The molecule has 1 aliphatic heterocycles. The van der Waals surface area contributed by atoms with Crippen LogP contribution in [0.25, 0.3) is 0 Å². The Kier molecular flexibility index (Phi) is 4.64. The predicted molar refractivity (Wildman–Crippen MR) is 88.9 cm³/mol. The zero-order chi connectivity index (χ0) is 17.2. The molecule has 1 N–H and O–H groups in total. The van der Waals surface area contributed by atoms with Crippen LogP contribution >= 0.6 is 0 Å². The minimum atomic E-state index is -0.381. The van der Waals surface area contributed by atoms with E-state index in [1.54, 1.807) is 12.1 Å². The first-order valence-electron chi connectivity index (χ1n) is 8.32. The molecule has 1 heterocycles. The van der Waals surface area contributed by atoms with Crippen LogP contribution in [0.1, 0.15) is 48.9 Å². The van der Waals surface area contributed by atoms with E-state index in [1.165, 1.54) is 20.6 Å². The molecular weight excluding hydrogens is 310 g/mol. The smallest absolute Gasteiger partial charge is 0.325 e. The van der Waals surface area contributed by atoms with Crippen LogP contribution in [0.3, 0.4) is 0 Å². The molecular formula is C18H23NO5. The van der Waals surface area contributed by atoms with E-state index in [-0.39, 0.29) is 23.9 Å². The van der Waals surface area contributed by atoms with Gasteiger partial charge in [-0.2, -0.15) is 0 Å². The lowest BCUT2D eigenvalue weighted by molar-refractivity contribution is -0.138. The summed E-state index contributed by atoms with van der Waals surface area (Å²) in [7, 11) is 2.87. The standard InChI is InChI=1S/C18H23NO5/c1-22-14-8-12(19-11-16(21)23-2)9-15-17(14)13(20)10-18(24-15)6-4-3-5-7-18/h8-9,19H,3-7,10-11H2,1-2H3. The molecule has 0 unspecified atom stereocenters. The Morgan fingerprint density at radius 2 is 2.00 bits per heavy atom. The second-order valence-corrected chi connectivity index (χ2v) is 6.43. The van der Waals surface area contributed by atoms with E-state index in [2.05, 4.69) is 10.1 Å². The zero-order valence-corrected chi connectivity index (χ0v) is 14.1. The topological polar surface area (TPSA) is 73.9 Å². The molecule has 2 aliphatic rings. The summed E-state index contributed by atoms with van der Waals surface area (Å²) in [4.78, 5) is 24.0. The van der Waals surface area contributed by atoms with Crippen LogP contribution in [0.4, 0.5) is 5.69 Å². The van der Waals surface area contributed by atoms with E-state index >= 15 is 0 Å². The Labute approximate surface area is 141 Å². The number of anilines is 1. The van der Waals surface area contributed by atoms with Gasteiger partial charge in [-0.05, 0) is 25.7 Å². The molecule has 3 rings (SSSR count). The predicted octanol–water partition coefficient (Wildman–Crippen LogP) is 2.95. The summed E-state index contributed by atoms with van der Waals surface area (Å²) < 4.78 is 16.3. The lowest BCUT2D eigenvalue weighted by atomic mass is 9.78. The van der Waals surface area contributed by atoms with Gasteiger partial charge < -0.3 is 19.5 Å². The second-order valence-electron chi connectivity index (χ2n) is 6.43. The van der Waals surface area contributed by atoms with Gasteiger partial charge in [0.1, 0.15) is 29.2 Å². The van der Waals surface area contributed by atoms with Gasteiger partial charge in [0.15, 0.2) is 5.78 Å². The number of ether oxygens (including phenoxy) is 3. The molecule has 6 nitrogen and oxygen atoms in total. The van der Waals surface area contributed by atoms with Crippen LogP contribution < -0.4 is 14.8 Å². The van der Waals surface area contributed by atoms with E-state index in [9.17, 15) is 9.59 Å². The molecule has 1 aromatic carbocycles. The molecule has 0 radical (unpaired) electrons. The Balaban J connectivity index is 1.91. The SMILES string of the molecule is COC(=O)CNc1cc(OC)c2c(c1)OC1(CCCCC1)CC2=O. The number of carbonyl (C=O) groups excluding carboxylic acids is 2. The van der Waals surface area contributed by atoms with Gasteiger partial charge in [-0.1, -0.05) is 6.42 Å². The lowest BCUT2D eigenvalue weighted by Crippen LogP contribution is -2.43. The number of hydrogen-bond donors (Lipinski definition) is 1. The number of methoxy groups -OCH3 is 2. The monoisotopic (exact) mass is 333 g/mol. The maximum Gasteiger partial charge on any atom is 0.325 e. The fraction of sp³-hybridized carbons (Fsp3) is 0.556. The summed E-state index contributed by atoms with van der Waals surface area (Å²) in [6, 6.07) is 3.48. The first-order chi connectivity index (χ1) is 11.6. The van der Waals surface area contributed by atoms with Gasteiger partial charge >= 0.3 is 5.97 Å². The second kappa shape index (κ2) is 6.71. The van der Waals surface area contributed by atoms with Crippen LogP contribution in [-0.4, -0.2) is 38.1 Å². The van der Waals surface area contributed by atoms with Crippen LogP contribution in [0.15, 0.2) is 12.1 Å². The van der Waals surface area contributed by atoms with Gasteiger partial charge in [0.05, 0.1) is 20.6 Å². The maximum absolute atomic E-state index is 12.7. The van der Waals surface area contributed by atoms with Gasteiger partial charge in [0.25, 0.3) is 0 Å². The molecule has 0 atom stereocenters. The average Bonchev–Trinajstić information content (AvgIpc) is 2.59. The average molecular weight is 333 g/mol. The van der Waals surface area contributed by atoms with E-state index in [0.29, 0.717) is 29.2 Å². The van der Waals surface area contributed by atoms with E-state index in [1.807, 2.05) is 0 Å². The number of fused-ring (bicyclic) bond motifs is 1. The van der Waals surface area contributed by atoms with Crippen molar-refractivity contribution < 1.29 is 23.8 Å². The van der Waals surface area contributed by atoms with Crippen LogP contribution in [-0.2, 0) is 9.53 Å². The van der Waals surface area contributed by atoms with Crippen molar-refractivity contribution in [2.75, 3.05) is 26.1 Å². The number of esters is 1. The van der Waals surface area contributed by atoms with Crippen molar-refractivity contribution in [3.05, 3.63) is 17.7 Å². The number of carbonyl (C=O) groups is 2. The molecule has 0 amide bonds. The highest BCUT2D eigenvalue weighted by molar-refractivity contribution is 6.03. The van der Waals surface area contributed by atoms with Crippen molar-refractivity contribution in [3.63, 3.8) is 0 Å². The summed E-state index contributed by atoms with van der Waals surface area (Å²) in [5, 5.41) is 2.98. The third-order valence-electron chi connectivity index (χ3n) is 4.80. The van der Waals surface area contributed by atoms with Crippen molar-refractivity contribution >= 4 is 17.4 Å². The molecule has 1 saturated carbocycles. The number of nitrogens with one attached hydrogen (secondary N) is 1. The third-order valence-corrected chi connectivity index (χ3v) is 4.80. The summed E-state index contributed by atoms with van der Waals surface area (Å²) in [6.07, 6.45) is 5.57. The lowest BCUT2D eigenvalue weighted by Gasteiger charge is -2.41. The minimum absolute atomic E-state index is 0.0392. The first kappa shape index (κ1) is 16.6. The molecule has 1 aromatic rings. The van der Waals surface area contributed by atoms with Gasteiger partial charge in [0.2, 0.25) is 0 Å². The van der Waals surface area contributed by atoms with Crippen molar-refractivity contribution in [1.29, 1.82) is 0 Å². The Bertz CT molecular complexity index is 649. The summed E-state index contributed by atoms with van der Waals surface area (Å²) in [5.74, 6) is 0.706. The number of ketones is 1. The number of benzene rings is 1.